The lowest BCUT2D eigenvalue weighted by Crippen LogP contribution is -2.45. The molecule has 0 saturated heterocycles. The quantitative estimate of drug-likeness (QED) is 0.785. The first-order valence-corrected chi connectivity index (χ1v) is 6.57. The van der Waals surface area contributed by atoms with Crippen LogP contribution in [-0.4, -0.2) is 17.0 Å². The Bertz CT molecular complexity index is 698. The number of aliphatic hydroxyl groups is 1. The second-order valence-corrected chi connectivity index (χ2v) is 5.60. The highest BCUT2D eigenvalue weighted by atomic mass is 16.3. The third-order valence-corrected chi connectivity index (χ3v) is 4.68. The molecule has 19 heavy (non-hydrogen) atoms. The molecule has 0 fully saturated rings. The topological polar surface area (TPSA) is 50.4 Å². The number of rotatable bonds is 0. The van der Waals surface area contributed by atoms with Gasteiger partial charge in [0.25, 0.3) is 0 Å². The maximum atomic E-state index is 12.5. The third kappa shape index (κ3) is 1.14. The molecule has 0 bridgehead atoms. The Morgan fingerprint density at radius 2 is 2.16 bits per heavy atom. The third-order valence-electron chi connectivity index (χ3n) is 4.68. The van der Waals surface area contributed by atoms with Gasteiger partial charge in [0.05, 0.1) is 12.4 Å². The number of aliphatic hydroxyl groups excluding tert-OH is 1. The van der Waals surface area contributed by atoms with E-state index in [4.69, 9.17) is 4.42 Å². The number of ketones is 1. The van der Waals surface area contributed by atoms with Gasteiger partial charge in [-0.2, -0.15) is 0 Å². The Morgan fingerprint density at radius 3 is 3.00 bits per heavy atom. The second kappa shape index (κ2) is 3.36. The summed E-state index contributed by atoms with van der Waals surface area (Å²) in [5, 5.41) is 10.5. The van der Waals surface area contributed by atoms with Crippen LogP contribution in [0, 0.1) is 0 Å². The fraction of sp³-hybridized carbons (Fsp3) is 0.312. The van der Waals surface area contributed by atoms with Crippen LogP contribution in [0.4, 0.5) is 0 Å². The molecule has 3 heteroatoms. The standard InChI is InChI=1S/C16H14O3/c1-16-11-5-3-2-4-10(11)14(18)15-13(16)9(8-19-15)6-7-12(16)17/h2-5,8,12,17H,6-7H2,1H3/t12-,16?/m1/s1. The zero-order valence-corrected chi connectivity index (χ0v) is 10.6. The van der Waals surface area contributed by atoms with Crippen LogP contribution >= 0.6 is 0 Å². The maximum Gasteiger partial charge on any atom is 0.228 e. The molecule has 2 aliphatic rings. The molecule has 1 aromatic heterocycles. The highest BCUT2D eigenvalue weighted by Gasteiger charge is 2.50. The van der Waals surface area contributed by atoms with Crippen molar-refractivity contribution in [3.63, 3.8) is 0 Å². The van der Waals surface area contributed by atoms with Gasteiger partial charge in [-0.25, -0.2) is 0 Å². The summed E-state index contributed by atoms with van der Waals surface area (Å²) >= 11 is 0. The van der Waals surface area contributed by atoms with Crippen molar-refractivity contribution in [2.45, 2.75) is 31.3 Å². The molecule has 1 aromatic carbocycles. The van der Waals surface area contributed by atoms with Crippen LogP contribution in [0.1, 0.15) is 46.2 Å². The summed E-state index contributed by atoms with van der Waals surface area (Å²) in [4.78, 5) is 12.5. The van der Waals surface area contributed by atoms with Crippen LogP contribution in [0.15, 0.2) is 34.9 Å². The molecule has 2 aliphatic carbocycles. The van der Waals surface area contributed by atoms with Crippen LogP contribution < -0.4 is 0 Å². The molecule has 2 atom stereocenters. The minimum absolute atomic E-state index is 0.0663. The van der Waals surface area contributed by atoms with Gasteiger partial charge in [0.15, 0.2) is 5.76 Å². The monoisotopic (exact) mass is 254 g/mol. The Hall–Kier alpha value is -1.87. The number of furan rings is 1. The average molecular weight is 254 g/mol. The summed E-state index contributed by atoms with van der Waals surface area (Å²) in [6, 6.07) is 7.53. The Labute approximate surface area is 110 Å². The Balaban J connectivity index is 2.13. The number of carbonyl (C=O) groups excluding carboxylic acids is 1. The van der Waals surface area contributed by atoms with Crippen molar-refractivity contribution >= 4 is 5.78 Å². The fourth-order valence-electron chi connectivity index (χ4n) is 3.63. The summed E-state index contributed by atoms with van der Waals surface area (Å²) in [6.07, 6.45) is 2.67. The van der Waals surface area contributed by atoms with E-state index in [1.807, 2.05) is 31.2 Å². The molecule has 0 amide bonds. The minimum atomic E-state index is -0.527. The highest BCUT2D eigenvalue weighted by Crippen LogP contribution is 2.49. The van der Waals surface area contributed by atoms with Gasteiger partial charge in [0.2, 0.25) is 5.78 Å². The van der Waals surface area contributed by atoms with Crippen molar-refractivity contribution in [2.24, 2.45) is 0 Å². The summed E-state index contributed by atoms with van der Waals surface area (Å²) < 4.78 is 5.51. The van der Waals surface area contributed by atoms with E-state index >= 15 is 0 Å². The lowest BCUT2D eigenvalue weighted by molar-refractivity contribution is 0.0857. The second-order valence-electron chi connectivity index (χ2n) is 5.60. The molecule has 0 spiro atoms. The van der Waals surface area contributed by atoms with E-state index in [-0.39, 0.29) is 5.78 Å². The van der Waals surface area contributed by atoms with Crippen molar-refractivity contribution in [3.8, 4) is 0 Å². The molecule has 1 N–H and O–H groups in total. The van der Waals surface area contributed by atoms with E-state index in [2.05, 4.69) is 0 Å². The summed E-state index contributed by atoms with van der Waals surface area (Å²) in [7, 11) is 0. The number of hydrogen-bond donors (Lipinski definition) is 1. The predicted octanol–water partition coefficient (Wildman–Crippen LogP) is 2.44. The lowest BCUT2D eigenvalue weighted by atomic mass is 9.61. The molecule has 0 saturated carbocycles. The number of aryl methyl sites for hydroxylation is 1. The zero-order chi connectivity index (χ0) is 13.2. The first kappa shape index (κ1) is 11.0. The van der Waals surface area contributed by atoms with Crippen LogP contribution in [0.2, 0.25) is 0 Å². The Kier molecular flexibility index (Phi) is 1.95. The van der Waals surface area contributed by atoms with Crippen molar-refractivity contribution in [1.29, 1.82) is 0 Å². The number of hydrogen-bond acceptors (Lipinski definition) is 3. The Morgan fingerprint density at radius 1 is 1.37 bits per heavy atom. The van der Waals surface area contributed by atoms with Crippen LogP contribution in [0.25, 0.3) is 0 Å². The van der Waals surface area contributed by atoms with Crippen LogP contribution in [0.5, 0.6) is 0 Å². The van der Waals surface area contributed by atoms with Crippen LogP contribution in [0.3, 0.4) is 0 Å². The summed E-state index contributed by atoms with van der Waals surface area (Å²) in [5.74, 6) is 0.346. The summed E-state index contributed by atoms with van der Waals surface area (Å²) in [5.41, 5.74) is 3.00. The number of fused-ring (bicyclic) bond motifs is 2. The molecule has 96 valence electrons. The lowest BCUT2D eigenvalue weighted by Gasteiger charge is -2.42. The highest BCUT2D eigenvalue weighted by molar-refractivity contribution is 6.11. The van der Waals surface area contributed by atoms with E-state index in [9.17, 15) is 9.90 Å². The molecular formula is C16H14O3. The van der Waals surface area contributed by atoms with E-state index in [0.29, 0.717) is 17.7 Å². The van der Waals surface area contributed by atoms with E-state index in [1.54, 1.807) is 6.26 Å². The largest absolute Gasteiger partial charge is 0.460 e. The zero-order valence-electron chi connectivity index (χ0n) is 10.6. The molecule has 0 aliphatic heterocycles. The van der Waals surface area contributed by atoms with Crippen molar-refractivity contribution in [3.05, 3.63) is 58.5 Å². The van der Waals surface area contributed by atoms with Gasteiger partial charge in [0, 0.05) is 16.5 Å². The van der Waals surface area contributed by atoms with Gasteiger partial charge in [-0.15, -0.1) is 0 Å². The number of carbonyl (C=O) groups is 1. The predicted molar refractivity (Wildman–Crippen MR) is 69.4 cm³/mol. The molecule has 4 rings (SSSR count). The number of benzene rings is 1. The first-order valence-electron chi connectivity index (χ1n) is 6.57. The van der Waals surface area contributed by atoms with Gasteiger partial charge < -0.3 is 9.52 Å². The average Bonchev–Trinajstić information content (AvgIpc) is 2.86. The van der Waals surface area contributed by atoms with Crippen molar-refractivity contribution < 1.29 is 14.3 Å². The molecule has 3 nitrogen and oxygen atoms in total. The fourth-order valence-corrected chi connectivity index (χ4v) is 3.63. The van der Waals surface area contributed by atoms with Gasteiger partial charge in [-0.1, -0.05) is 24.3 Å². The molecule has 2 aromatic rings. The normalized spacial score (nSPS) is 27.9. The SMILES string of the molecule is CC12c3ccccc3C(=O)c3occ(c31)CC[C@H]2O. The first-order chi connectivity index (χ1) is 9.14. The van der Waals surface area contributed by atoms with E-state index < -0.39 is 11.5 Å². The van der Waals surface area contributed by atoms with Gasteiger partial charge in [-0.3, -0.25) is 4.79 Å². The molecular weight excluding hydrogens is 240 g/mol. The van der Waals surface area contributed by atoms with E-state index in [1.165, 1.54) is 0 Å². The van der Waals surface area contributed by atoms with Crippen LogP contribution in [-0.2, 0) is 11.8 Å². The molecule has 1 unspecified atom stereocenters. The van der Waals surface area contributed by atoms with Gasteiger partial charge in [0.1, 0.15) is 0 Å². The minimum Gasteiger partial charge on any atom is -0.460 e. The molecule has 1 heterocycles. The van der Waals surface area contributed by atoms with Gasteiger partial charge >= 0.3 is 0 Å². The van der Waals surface area contributed by atoms with E-state index in [0.717, 1.165) is 23.1 Å². The maximum absolute atomic E-state index is 12.5. The molecule has 0 radical (unpaired) electrons. The van der Waals surface area contributed by atoms with Gasteiger partial charge in [-0.05, 0) is 30.9 Å². The van der Waals surface area contributed by atoms with Crippen molar-refractivity contribution in [1.82, 2.24) is 0 Å². The summed E-state index contributed by atoms with van der Waals surface area (Å²) in [6.45, 7) is 2.01. The smallest absolute Gasteiger partial charge is 0.228 e. The van der Waals surface area contributed by atoms with Crippen molar-refractivity contribution in [2.75, 3.05) is 0 Å².